The minimum atomic E-state index is -0.165. The van der Waals surface area contributed by atoms with Crippen molar-refractivity contribution in [2.45, 2.75) is 6.54 Å². The monoisotopic (exact) mass is 295 g/mol. The predicted molar refractivity (Wildman–Crippen MR) is 82.4 cm³/mol. The number of aliphatic hydroxyl groups excluding tert-OH is 1. The van der Waals surface area contributed by atoms with Crippen molar-refractivity contribution in [1.82, 2.24) is 15.1 Å². The number of carbonyl (C=O) groups is 1. The summed E-state index contributed by atoms with van der Waals surface area (Å²) in [6.45, 7) is 2.09. The van der Waals surface area contributed by atoms with Gasteiger partial charge in [0.2, 0.25) is 0 Å². The van der Waals surface area contributed by atoms with Crippen molar-refractivity contribution >= 4 is 6.03 Å². The van der Waals surface area contributed by atoms with E-state index < -0.39 is 0 Å². The van der Waals surface area contributed by atoms with Gasteiger partial charge in [-0.3, -0.25) is 0 Å². The lowest BCUT2D eigenvalue weighted by Gasteiger charge is -2.24. The molecule has 0 aliphatic carbocycles. The molecule has 0 aliphatic rings. The van der Waals surface area contributed by atoms with E-state index in [0.29, 0.717) is 19.6 Å². The van der Waals surface area contributed by atoms with Gasteiger partial charge in [0.1, 0.15) is 5.75 Å². The van der Waals surface area contributed by atoms with Crippen LogP contribution in [-0.2, 0) is 6.54 Å². The van der Waals surface area contributed by atoms with E-state index in [2.05, 4.69) is 5.32 Å². The fourth-order valence-corrected chi connectivity index (χ4v) is 1.79. The van der Waals surface area contributed by atoms with Crippen LogP contribution in [-0.4, -0.2) is 68.4 Å². The summed E-state index contributed by atoms with van der Waals surface area (Å²) in [4.78, 5) is 15.7. The van der Waals surface area contributed by atoms with Crippen molar-refractivity contribution in [3.63, 3.8) is 0 Å². The van der Waals surface area contributed by atoms with Gasteiger partial charge in [-0.1, -0.05) is 12.1 Å². The first-order valence-electron chi connectivity index (χ1n) is 6.98. The summed E-state index contributed by atoms with van der Waals surface area (Å²) >= 11 is 0. The Bertz CT molecular complexity index is 421. The smallest absolute Gasteiger partial charge is 0.317 e. The lowest BCUT2D eigenvalue weighted by atomic mass is 10.2. The number of aliphatic hydroxyl groups is 1. The summed E-state index contributed by atoms with van der Waals surface area (Å²) in [6, 6.07) is 7.38. The fraction of sp³-hybridized carbons (Fsp3) is 0.533. The van der Waals surface area contributed by atoms with Gasteiger partial charge in [-0.05, 0) is 31.8 Å². The van der Waals surface area contributed by atoms with Crippen molar-refractivity contribution in [2.75, 3.05) is 47.4 Å². The molecule has 0 heterocycles. The van der Waals surface area contributed by atoms with Gasteiger partial charge in [0, 0.05) is 26.2 Å². The molecule has 2 N–H and O–H groups in total. The van der Waals surface area contributed by atoms with Crippen molar-refractivity contribution in [3.8, 4) is 5.75 Å². The number of hydrogen-bond acceptors (Lipinski definition) is 4. The Hall–Kier alpha value is -1.79. The zero-order valence-electron chi connectivity index (χ0n) is 13.0. The molecular weight excluding hydrogens is 270 g/mol. The first-order valence-corrected chi connectivity index (χ1v) is 6.98. The normalized spacial score (nSPS) is 10.5. The van der Waals surface area contributed by atoms with E-state index in [1.165, 1.54) is 0 Å². The summed E-state index contributed by atoms with van der Waals surface area (Å²) in [7, 11) is 5.52. The van der Waals surface area contributed by atoms with Crippen LogP contribution < -0.4 is 10.1 Å². The maximum atomic E-state index is 12.1. The third-order valence-electron chi connectivity index (χ3n) is 3.08. The molecule has 0 radical (unpaired) electrons. The number of benzene rings is 1. The molecule has 0 saturated carbocycles. The molecular formula is C15H25N3O3. The number of likely N-dealkylation sites (N-methyl/N-ethyl adjacent to an activating group) is 1. The zero-order valence-corrected chi connectivity index (χ0v) is 13.0. The molecule has 21 heavy (non-hydrogen) atoms. The van der Waals surface area contributed by atoms with Crippen molar-refractivity contribution in [3.05, 3.63) is 29.8 Å². The van der Waals surface area contributed by atoms with Crippen LogP contribution in [0, 0.1) is 0 Å². The topological polar surface area (TPSA) is 65.0 Å². The van der Waals surface area contributed by atoms with E-state index in [-0.39, 0.29) is 12.6 Å². The van der Waals surface area contributed by atoms with Crippen LogP contribution in [0.5, 0.6) is 5.75 Å². The van der Waals surface area contributed by atoms with Gasteiger partial charge >= 0.3 is 6.03 Å². The average Bonchev–Trinajstić information content (AvgIpc) is 2.49. The van der Waals surface area contributed by atoms with Crippen LogP contribution in [0.15, 0.2) is 24.3 Å². The van der Waals surface area contributed by atoms with Gasteiger partial charge in [-0.15, -0.1) is 0 Å². The molecule has 0 bridgehead atoms. The molecule has 0 aromatic heterocycles. The number of nitrogens with one attached hydrogen (secondary N) is 1. The molecule has 0 fully saturated rings. The summed E-state index contributed by atoms with van der Waals surface area (Å²) in [5, 5.41) is 11.9. The highest BCUT2D eigenvalue weighted by molar-refractivity contribution is 5.74. The Morgan fingerprint density at radius 2 is 1.86 bits per heavy atom. The summed E-state index contributed by atoms with van der Waals surface area (Å²) in [5.41, 5.74) is 1.00. The number of hydrogen-bond donors (Lipinski definition) is 2. The third-order valence-corrected chi connectivity index (χ3v) is 3.08. The molecule has 1 rings (SSSR count). The molecule has 2 amide bonds. The van der Waals surface area contributed by atoms with E-state index in [1.807, 2.05) is 43.3 Å². The standard InChI is InChI=1S/C15H25N3O3/c1-17(2)8-9-18(10-11-19)15(20)16-12-13-4-6-14(21-3)7-5-13/h4-7,19H,8-12H2,1-3H3,(H,16,20). The zero-order chi connectivity index (χ0) is 15.7. The fourth-order valence-electron chi connectivity index (χ4n) is 1.79. The number of nitrogens with zero attached hydrogens (tertiary/aromatic N) is 2. The molecule has 0 spiro atoms. The van der Waals surface area contributed by atoms with Gasteiger partial charge in [-0.2, -0.15) is 0 Å². The maximum Gasteiger partial charge on any atom is 0.317 e. The second-order valence-electron chi connectivity index (χ2n) is 5.02. The second kappa shape index (κ2) is 9.20. The Labute approximate surface area is 126 Å². The van der Waals surface area contributed by atoms with Crippen LogP contribution in [0.25, 0.3) is 0 Å². The number of carbonyl (C=O) groups excluding carboxylic acids is 1. The van der Waals surface area contributed by atoms with Crippen molar-refractivity contribution in [1.29, 1.82) is 0 Å². The molecule has 6 heteroatoms. The molecule has 0 aliphatic heterocycles. The first kappa shape index (κ1) is 17.3. The van der Waals surface area contributed by atoms with Crippen molar-refractivity contribution < 1.29 is 14.6 Å². The lowest BCUT2D eigenvalue weighted by molar-refractivity contribution is 0.171. The molecule has 118 valence electrons. The van der Waals surface area contributed by atoms with Gasteiger partial charge in [-0.25, -0.2) is 4.79 Å². The van der Waals surface area contributed by atoms with Crippen molar-refractivity contribution in [2.24, 2.45) is 0 Å². The van der Waals surface area contributed by atoms with Crippen LogP contribution in [0.2, 0.25) is 0 Å². The molecule has 0 atom stereocenters. The SMILES string of the molecule is COc1ccc(CNC(=O)N(CCO)CCN(C)C)cc1. The highest BCUT2D eigenvalue weighted by atomic mass is 16.5. The van der Waals surface area contributed by atoms with E-state index >= 15 is 0 Å². The van der Waals surface area contributed by atoms with E-state index in [0.717, 1.165) is 17.9 Å². The molecule has 1 aromatic rings. The van der Waals surface area contributed by atoms with Crippen LogP contribution in [0.4, 0.5) is 4.79 Å². The Kier molecular flexibility index (Phi) is 7.56. The lowest BCUT2D eigenvalue weighted by Crippen LogP contribution is -2.44. The molecule has 6 nitrogen and oxygen atoms in total. The minimum absolute atomic E-state index is 0.0383. The average molecular weight is 295 g/mol. The molecule has 1 aromatic carbocycles. The van der Waals surface area contributed by atoms with Crippen LogP contribution >= 0.6 is 0 Å². The predicted octanol–water partition coefficient (Wildman–Crippen LogP) is 0.761. The molecule has 0 saturated heterocycles. The second-order valence-corrected chi connectivity index (χ2v) is 5.02. The number of methoxy groups -OCH3 is 1. The number of ether oxygens (including phenoxy) is 1. The highest BCUT2D eigenvalue weighted by Gasteiger charge is 2.12. The third kappa shape index (κ3) is 6.46. The largest absolute Gasteiger partial charge is 0.497 e. The summed E-state index contributed by atoms with van der Waals surface area (Å²) in [6.07, 6.45) is 0. The Balaban J connectivity index is 2.47. The summed E-state index contributed by atoms with van der Waals surface area (Å²) in [5.74, 6) is 0.790. The minimum Gasteiger partial charge on any atom is -0.497 e. The van der Waals surface area contributed by atoms with E-state index in [1.54, 1.807) is 12.0 Å². The Morgan fingerprint density at radius 1 is 1.19 bits per heavy atom. The van der Waals surface area contributed by atoms with Crippen LogP contribution in [0.3, 0.4) is 0 Å². The van der Waals surface area contributed by atoms with Gasteiger partial charge in [0.05, 0.1) is 13.7 Å². The quantitative estimate of drug-likeness (QED) is 0.743. The van der Waals surface area contributed by atoms with E-state index in [4.69, 9.17) is 9.84 Å². The van der Waals surface area contributed by atoms with Crippen LogP contribution in [0.1, 0.15) is 5.56 Å². The maximum absolute atomic E-state index is 12.1. The first-order chi connectivity index (χ1) is 10.1. The highest BCUT2D eigenvalue weighted by Crippen LogP contribution is 2.11. The van der Waals surface area contributed by atoms with Gasteiger partial charge < -0.3 is 25.0 Å². The number of urea groups is 1. The van der Waals surface area contributed by atoms with Gasteiger partial charge in [0.15, 0.2) is 0 Å². The van der Waals surface area contributed by atoms with Gasteiger partial charge in [0.25, 0.3) is 0 Å². The summed E-state index contributed by atoms with van der Waals surface area (Å²) < 4.78 is 5.09. The van der Waals surface area contributed by atoms with E-state index in [9.17, 15) is 4.79 Å². The Morgan fingerprint density at radius 3 is 2.38 bits per heavy atom. The number of amides is 2. The molecule has 0 unspecified atom stereocenters. The number of rotatable bonds is 8.